The van der Waals surface area contributed by atoms with Crippen molar-refractivity contribution in [3.63, 3.8) is 0 Å². The first-order chi connectivity index (χ1) is 10.8. The van der Waals surface area contributed by atoms with Crippen LogP contribution >= 0.6 is 22.6 Å². The van der Waals surface area contributed by atoms with Crippen LogP contribution in [0.2, 0.25) is 0 Å². The number of anilines is 1. The Morgan fingerprint density at radius 1 is 1.09 bits per heavy atom. The molecular formula is C16H9F3INO2. The molecule has 0 saturated carbocycles. The maximum Gasteiger partial charge on any atom is 0.418 e. The third-order valence-corrected chi connectivity index (χ3v) is 3.86. The van der Waals surface area contributed by atoms with Crippen LogP contribution in [0.25, 0.3) is 11.0 Å². The lowest BCUT2D eigenvalue weighted by Gasteiger charge is -2.13. The second-order valence-corrected chi connectivity index (χ2v) is 6.04. The zero-order valence-electron chi connectivity index (χ0n) is 11.4. The minimum atomic E-state index is -4.56. The maximum atomic E-state index is 13.1. The van der Waals surface area contributed by atoms with Gasteiger partial charge in [0, 0.05) is 8.96 Å². The number of carbonyl (C=O) groups excluding carboxylic acids is 1. The van der Waals surface area contributed by atoms with E-state index in [2.05, 4.69) is 5.32 Å². The number of hydrogen-bond acceptors (Lipinski definition) is 2. The van der Waals surface area contributed by atoms with E-state index < -0.39 is 17.6 Å². The molecular weight excluding hydrogens is 422 g/mol. The summed E-state index contributed by atoms with van der Waals surface area (Å²) < 4.78 is 45.0. The lowest BCUT2D eigenvalue weighted by atomic mass is 10.1. The van der Waals surface area contributed by atoms with Gasteiger partial charge in [-0.25, -0.2) is 0 Å². The number of nitrogens with one attached hydrogen (secondary N) is 1. The molecule has 118 valence electrons. The van der Waals surface area contributed by atoms with Crippen molar-refractivity contribution in [1.82, 2.24) is 0 Å². The molecule has 1 N–H and O–H groups in total. The first-order valence-corrected chi connectivity index (χ1v) is 7.59. The van der Waals surface area contributed by atoms with E-state index in [1.807, 2.05) is 0 Å². The van der Waals surface area contributed by atoms with Gasteiger partial charge in [0.05, 0.1) is 11.3 Å². The minimum absolute atomic E-state index is 0.0436. The predicted molar refractivity (Wildman–Crippen MR) is 88.3 cm³/mol. The fraction of sp³-hybridized carbons (Fsp3) is 0.0625. The summed E-state index contributed by atoms with van der Waals surface area (Å²) in [5.41, 5.74) is -0.700. The monoisotopic (exact) mass is 431 g/mol. The first kappa shape index (κ1) is 15.9. The number of carbonyl (C=O) groups is 1. The molecule has 0 fully saturated rings. The number of benzene rings is 2. The van der Waals surface area contributed by atoms with Crippen LogP contribution < -0.4 is 5.32 Å². The Morgan fingerprint density at radius 2 is 1.83 bits per heavy atom. The lowest BCUT2D eigenvalue weighted by molar-refractivity contribution is -0.137. The van der Waals surface area contributed by atoms with Crippen LogP contribution in [0.4, 0.5) is 18.9 Å². The van der Waals surface area contributed by atoms with Crippen molar-refractivity contribution in [3.8, 4) is 0 Å². The Balaban J connectivity index is 1.94. The van der Waals surface area contributed by atoms with Crippen molar-refractivity contribution >= 4 is 45.2 Å². The Morgan fingerprint density at radius 3 is 2.52 bits per heavy atom. The van der Waals surface area contributed by atoms with Gasteiger partial charge in [-0.1, -0.05) is 18.2 Å². The molecule has 0 bridgehead atoms. The third-order valence-electron chi connectivity index (χ3n) is 3.18. The lowest BCUT2D eigenvalue weighted by Crippen LogP contribution is -2.16. The summed E-state index contributed by atoms with van der Waals surface area (Å²) >= 11 is 1.79. The second kappa shape index (κ2) is 5.88. The van der Waals surface area contributed by atoms with E-state index in [0.717, 1.165) is 6.07 Å². The quantitative estimate of drug-likeness (QED) is 0.559. The molecule has 0 unspecified atom stereocenters. The number of furan rings is 1. The van der Waals surface area contributed by atoms with Crippen molar-refractivity contribution in [2.45, 2.75) is 6.18 Å². The highest BCUT2D eigenvalue weighted by Gasteiger charge is 2.34. The summed E-state index contributed by atoms with van der Waals surface area (Å²) in [5.74, 6) is -0.772. The van der Waals surface area contributed by atoms with Crippen LogP contribution in [0.1, 0.15) is 16.1 Å². The molecule has 2 aromatic carbocycles. The average Bonchev–Trinajstić information content (AvgIpc) is 2.92. The molecule has 0 aliphatic rings. The molecule has 0 radical (unpaired) electrons. The number of alkyl halides is 3. The molecule has 0 spiro atoms. The molecule has 0 atom stereocenters. The van der Waals surface area contributed by atoms with Crippen LogP contribution in [-0.4, -0.2) is 5.91 Å². The molecule has 0 aliphatic carbocycles. The number of rotatable bonds is 2. The van der Waals surface area contributed by atoms with Gasteiger partial charge in [-0.05, 0) is 52.9 Å². The van der Waals surface area contributed by atoms with Gasteiger partial charge in [0.1, 0.15) is 5.58 Å². The number of halogens is 4. The van der Waals surface area contributed by atoms with E-state index in [1.165, 1.54) is 18.2 Å². The van der Waals surface area contributed by atoms with Crippen LogP contribution in [0, 0.1) is 3.57 Å². The van der Waals surface area contributed by atoms with Gasteiger partial charge < -0.3 is 9.73 Å². The summed E-state index contributed by atoms with van der Waals surface area (Å²) in [7, 11) is 0. The van der Waals surface area contributed by atoms with Crippen LogP contribution in [0.15, 0.2) is 52.9 Å². The topological polar surface area (TPSA) is 42.2 Å². The summed E-state index contributed by atoms with van der Waals surface area (Å²) in [5, 5.41) is 2.97. The largest absolute Gasteiger partial charge is 0.451 e. The van der Waals surface area contributed by atoms with Crippen molar-refractivity contribution in [1.29, 1.82) is 0 Å². The Kier molecular flexibility index (Phi) is 4.05. The van der Waals surface area contributed by atoms with Gasteiger partial charge in [-0.15, -0.1) is 0 Å². The van der Waals surface area contributed by atoms with Crippen molar-refractivity contribution in [2.75, 3.05) is 5.32 Å². The zero-order chi connectivity index (χ0) is 16.6. The highest BCUT2D eigenvalue weighted by atomic mass is 127. The van der Waals surface area contributed by atoms with Gasteiger partial charge in [0.2, 0.25) is 0 Å². The fourth-order valence-corrected chi connectivity index (χ4v) is 2.63. The van der Waals surface area contributed by atoms with Crippen LogP contribution in [0.3, 0.4) is 0 Å². The normalized spacial score (nSPS) is 11.7. The van der Waals surface area contributed by atoms with Gasteiger partial charge in [0.15, 0.2) is 5.76 Å². The first-order valence-electron chi connectivity index (χ1n) is 6.51. The summed E-state index contributed by atoms with van der Waals surface area (Å²) in [6, 6.07) is 12.1. The van der Waals surface area contributed by atoms with Crippen LogP contribution in [0.5, 0.6) is 0 Å². The van der Waals surface area contributed by atoms with Gasteiger partial charge in [-0.2, -0.15) is 13.2 Å². The minimum Gasteiger partial charge on any atom is -0.451 e. The van der Waals surface area contributed by atoms with Gasteiger partial charge in [-0.3, -0.25) is 4.79 Å². The number of amides is 1. The molecule has 1 amide bonds. The molecule has 3 rings (SSSR count). The van der Waals surface area contributed by atoms with E-state index >= 15 is 0 Å². The Bertz CT molecular complexity index is 853. The second-order valence-electron chi connectivity index (χ2n) is 4.79. The van der Waals surface area contributed by atoms with E-state index in [4.69, 9.17) is 4.42 Å². The fourth-order valence-electron chi connectivity index (χ4n) is 2.14. The molecule has 1 heterocycles. The summed E-state index contributed by atoms with van der Waals surface area (Å²) in [6.45, 7) is 0. The summed E-state index contributed by atoms with van der Waals surface area (Å²) in [6.07, 6.45) is -4.56. The summed E-state index contributed by atoms with van der Waals surface area (Å²) in [4.78, 5) is 12.2. The number of para-hydroxylation sites is 1. The third kappa shape index (κ3) is 3.34. The highest BCUT2D eigenvalue weighted by Crippen LogP contribution is 2.36. The Hall–Kier alpha value is -2.03. The van der Waals surface area contributed by atoms with E-state index in [-0.39, 0.29) is 11.4 Å². The number of hydrogen-bond donors (Lipinski definition) is 1. The molecule has 0 aliphatic heterocycles. The molecule has 3 aromatic rings. The molecule has 0 saturated heterocycles. The molecule has 7 heteroatoms. The van der Waals surface area contributed by atoms with Gasteiger partial charge >= 0.3 is 6.18 Å². The van der Waals surface area contributed by atoms with E-state index in [0.29, 0.717) is 14.5 Å². The van der Waals surface area contributed by atoms with Gasteiger partial charge in [0.25, 0.3) is 5.91 Å². The van der Waals surface area contributed by atoms with Crippen LogP contribution in [-0.2, 0) is 6.18 Å². The Labute approximate surface area is 142 Å². The standard InChI is InChI=1S/C16H9F3INO2/c17-16(18,19)11-8-10(20)5-6-12(11)21-15(22)14-7-9-3-1-2-4-13(9)23-14/h1-8H,(H,21,22). The molecule has 3 nitrogen and oxygen atoms in total. The van der Waals surface area contributed by atoms with Crippen molar-refractivity contribution in [3.05, 3.63) is 63.4 Å². The molecule has 23 heavy (non-hydrogen) atoms. The predicted octanol–water partition coefficient (Wildman–Crippen LogP) is 5.31. The highest BCUT2D eigenvalue weighted by molar-refractivity contribution is 14.1. The van der Waals surface area contributed by atoms with E-state index in [9.17, 15) is 18.0 Å². The SMILES string of the molecule is O=C(Nc1ccc(I)cc1C(F)(F)F)c1cc2ccccc2o1. The maximum absolute atomic E-state index is 13.1. The molecule has 1 aromatic heterocycles. The van der Waals surface area contributed by atoms with E-state index in [1.54, 1.807) is 46.9 Å². The van der Waals surface area contributed by atoms with Crippen molar-refractivity contribution < 1.29 is 22.4 Å². The number of fused-ring (bicyclic) bond motifs is 1. The smallest absolute Gasteiger partial charge is 0.418 e. The zero-order valence-corrected chi connectivity index (χ0v) is 13.6. The van der Waals surface area contributed by atoms with Crippen molar-refractivity contribution in [2.24, 2.45) is 0 Å². The average molecular weight is 431 g/mol.